The molecule has 1 unspecified atom stereocenters. The smallest absolute Gasteiger partial charge is 0.245 e. The van der Waals surface area contributed by atoms with Gasteiger partial charge in [0.1, 0.15) is 4.75 Å². The van der Waals surface area contributed by atoms with Crippen LogP contribution in [0.5, 0.6) is 0 Å². The van der Waals surface area contributed by atoms with Gasteiger partial charge in [-0.25, -0.2) is 8.42 Å². The minimum Gasteiger partial charge on any atom is -0.302 e. The maximum atomic E-state index is 11.6. The van der Waals surface area contributed by atoms with Crippen LogP contribution in [0.15, 0.2) is 35.5 Å². The monoisotopic (exact) mass is 273 g/mol. The molecule has 1 heterocycles. The summed E-state index contributed by atoms with van der Waals surface area (Å²) < 4.78 is 22.0. The van der Waals surface area contributed by atoms with Crippen molar-refractivity contribution in [2.75, 3.05) is 20.1 Å². The SMILES string of the molecule is CN1CCC2=C(C=CC(C)(S(=O)(=O)Cl)C=C2)C1. The average Bonchev–Trinajstić information content (AvgIpc) is 2.39. The van der Waals surface area contributed by atoms with E-state index < -0.39 is 13.8 Å². The second-order valence-electron chi connectivity index (χ2n) is 4.83. The lowest BCUT2D eigenvalue weighted by Gasteiger charge is -2.24. The molecule has 3 nitrogen and oxygen atoms in total. The highest BCUT2D eigenvalue weighted by atomic mass is 35.7. The van der Waals surface area contributed by atoms with E-state index in [1.54, 1.807) is 19.1 Å². The third-order valence-electron chi connectivity index (χ3n) is 3.37. The van der Waals surface area contributed by atoms with Gasteiger partial charge in [-0.1, -0.05) is 24.3 Å². The molecule has 2 aliphatic rings. The first-order valence-electron chi connectivity index (χ1n) is 5.55. The molecule has 1 aliphatic heterocycles. The number of likely N-dealkylation sites (N-methyl/N-ethyl adjacent to an activating group) is 1. The van der Waals surface area contributed by atoms with Crippen molar-refractivity contribution in [3.05, 3.63) is 35.5 Å². The standard InChI is InChI=1S/C12H16ClNO2S/c1-12(17(13,15)16)6-3-10-5-8-14(2)9-11(10)4-7-12/h3-4,6-7H,5,8-9H2,1-2H3. The molecule has 1 aliphatic carbocycles. The molecule has 17 heavy (non-hydrogen) atoms. The van der Waals surface area contributed by atoms with Crippen molar-refractivity contribution >= 4 is 19.7 Å². The molecule has 0 radical (unpaired) electrons. The van der Waals surface area contributed by atoms with Crippen LogP contribution < -0.4 is 0 Å². The molecule has 0 aromatic heterocycles. The van der Waals surface area contributed by atoms with Gasteiger partial charge in [0.05, 0.1) is 0 Å². The first-order valence-corrected chi connectivity index (χ1v) is 7.86. The quantitative estimate of drug-likeness (QED) is 0.687. The minimum atomic E-state index is -3.65. The van der Waals surface area contributed by atoms with E-state index in [0.717, 1.165) is 19.5 Å². The summed E-state index contributed by atoms with van der Waals surface area (Å²) in [4.78, 5) is 2.22. The highest BCUT2D eigenvalue weighted by Gasteiger charge is 2.34. The van der Waals surface area contributed by atoms with Crippen molar-refractivity contribution in [2.45, 2.75) is 18.1 Å². The van der Waals surface area contributed by atoms with Gasteiger partial charge >= 0.3 is 0 Å². The zero-order chi connectivity index (χ0) is 12.7. The van der Waals surface area contributed by atoms with E-state index in [0.29, 0.717) is 0 Å². The Morgan fingerprint density at radius 3 is 2.47 bits per heavy atom. The topological polar surface area (TPSA) is 37.4 Å². The molecule has 0 aromatic rings. The predicted octanol–water partition coefficient (Wildman–Crippen LogP) is 2.07. The molecule has 0 aromatic carbocycles. The Bertz CT molecular complexity index is 519. The van der Waals surface area contributed by atoms with Gasteiger partial charge in [0.15, 0.2) is 0 Å². The van der Waals surface area contributed by atoms with Crippen molar-refractivity contribution in [3.8, 4) is 0 Å². The molecule has 0 bridgehead atoms. The van der Waals surface area contributed by atoms with Crippen LogP contribution in [-0.4, -0.2) is 38.2 Å². The van der Waals surface area contributed by atoms with Crippen LogP contribution in [0, 0.1) is 0 Å². The first kappa shape index (κ1) is 12.9. The second kappa shape index (κ2) is 4.26. The molecule has 1 atom stereocenters. The van der Waals surface area contributed by atoms with Crippen LogP contribution in [0.3, 0.4) is 0 Å². The summed E-state index contributed by atoms with van der Waals surface area (Å²) in [5, 5.41) is 0. The zero-order valence-electron chi connectivity index (χ0n) is 9.98. The number of halogens is 1. The van der Waals surface area contributed by atoms with Crippen molar-refractivity contribution in [2.24, 2.45) is 0 Å². The van der Waals surface area contributed by atoms with E-state index in [-0.39, 0.29) is 0 Å². The van der Waals surface area contributed by atoms with Crippen molar-refractivity contribution < 1.29 is 8.42 Å². The maximum absolute atomic E-state index is 11.6. The van der Waals surface area contributed by atoms with E-state index in [4.69, 9.17) is 10.7 Å². The van der Waals surface area contributed by atoms with Gasteiger partial charge in [-0.05, 0) is 31.5 Å². The van der Waals surface area contributed by atoms with Gasteiger partial charge in [0.25, 0.3) is 0 Å². The van der Waals surface area contributed by atoms with E-state index >= 15 is 0 Å². The second-order valence-corrected chi connectivity index (χ2v) is 7.80. The lowest BCUT2D eigenvalue weighted by Crippen LogP contribution is -2.27. The number of allylic oxidation sites excluding steroid dienone is 1. The Morgan fingerprint density at radius 2 is 1.88 bits per heavy atom. The van der Waals surface area contributed by atoms with E-state index in [1.807, 2.05) is 12.2 Å². The Morgan fingerprint density at radius 1 is 1.29 bits per heavy atom. The number of hydrogen-bond acceptors (Lipinski definition) is 3. The minimum absolute atomic E-state index is 0.856. The van der Waals surface area contributed by atoms with Gasteiger partial charge in [-0.2, -0.15) is 0 Å². The van der Waals surface area contributed by atoms with Crippen molar-refractivity contribution in [1.29, 1.82) is 0 Å². The Balaban J connectivity index is 2.39. The Hall–Kier alpha value is -0.580. The van der Waals surface area contributed by atoms with Crippen LogP contribution in [0.1, 0.15) is 13.3 Å². The van der Waals surface area contributed by atoms with E-state index in [2.05, 4.69) is 11.9 Å². The molecule has 2 rings (SSSR count). The predicted molar refractivity (Wildman–Crippen MR) is 70.6 cm³/mol. The van der Waals surface area contributed by atoms with Gasteiger partial charge in [-0.15, -0.1) is 0 Å². The Labute approximate surface area is 107 Å². The van der Waals surface area contributed by atoms with Crippen LogP contribution in [0.25, 0.3) is 0 Å². The molecule has 0 spiro atoms. The molecule has 0 saturated carbocycles. The van der Waals surface area contributed by atoms with Crippen molar-refractivity contribution in [1.82, 2.24) is 4.90 Å². The van der Waals surface area contributed by atoms with Crippen molar-refractivity contribution in [3.63, 3.8) is 0 Å². The first-order chi connectivity index (χ1) is 7.82. The maximum Gasteiger partial charge on any atom is 0.245 e. The molecule has 0 amide bonds. The zero-order valence-corrected chi connectivity index (χ0v) is 11.6. The summed E-state index contributed by atoms with van der Waals surface area (Å²) in [6.45, 7) is 3.47. The van der Waals surface area contributed by atoms with Gasteiger partial charge in [-0.3, -0.25) is 0 Å². The third kappa shape index (κ3) is 2.49. The number of rotatable bonds is 1. The summed E-state index contributed by atoms with van der Waals surface area (Å²) in [5.41, 5.74) is 2.39. The summed E-state index contributed by atoms with van der Waals surface area (Å²) in [6, 6.07) is 0. The summed E-state index contributed by atoms with van der Waals surface area (Å²) >= 11 is 0. The molecule has 0 N–H and O–H groups in total. The number of nitrogens with zero attached hydrogens (tertiary/aromatic N) is 1. The van der Waals surface area contributed by atoms with E-state index in [1.165, 1.54) is 11.1 Å². The van der Waals surface area contributed by atoms with Gasteiger partial charge < -0.3 is 4.90 Å². The Kier molecular flexibility index (Phi) is 3.23. The van der Waals surface area contributed by atoms with Gasteiger partial charge in [0, 0.05) is 23.8 Å². The molecule has 0 saturated heterocycles. The van der Waals surface area contributed by atoms with Gasteiger partial charge in [0.2, 0.25) is 9.05 Å². The fourth-order valence-corrected chi connectivity index (χ4v) is 2.81. The van der Waals surface area contributed by atoms with Crippen LogP contribution in [0.2, 0.25) is 0 Å². The highest BCUT2D eigenvalue weighted by Crippen LogP contribution is 2.31. The average molecular weight is 274 g/mol. The fraction of sp³-hybridized carbons (Fsp3) is 0.500. The molecular formula is C12H16ClNO2S. The lowest BCUT2D eigenvalue weighted by molar-refractivity contribution is 0.354. The van der Waals surface area contributed by atoms with Crippen LogP contribution in [0.4, 0.5) is 0 Å². The van der Waals surface area contributed by atoms with Crippen LogP contribution in [-0.2, 0) is 9.05 Å². The summed E-state index contributed by atoms with van der Waals surface area (Å²) in [5.74, 6) is 0. The molecule has 0 fully saturated rings. The molecule has 5 heteroatoms. The normalized spacial score (nSPS) is 30.3. The van der Waals surface area contributed by atoms with E-state index in [9.17, 15) is 8.42 Å². The van der Waals surface area contributed by atoms with Crippen LogP contribution >= 0.6 is 10.7 Å². The lowest BCUT2D eigenvalue weighted by atomic mass is 10.0. The fourth-order valence-electron chi connectivity index (χ4n) is 2.04. The summed E-state index contributed by atoms with van der Waals surface area (Å²) in [6.07, 6.45) is 8.10. The molecule has 94 valence electrons. The third-order valence-corrected chi connectivity index (χ3v) is 5.69. The molecular weight excluding hydrogens is 258 g/mol. The summed E-state index contributed by atoms with van der Waals surface area (Å²) in [7, 11) is 3.91. The highest BCUT2D eigenvalue weighted by molar-refractivity contribution is 8.15. The largest absolute Gasteiger partial charge is 0.302 e. The number of hydrogen-bond donors (Lipinski definition) is 0.